The third-order valence-corrected chi connectivity index (χ3v) is 3.96. The minimum Gasteiger partial charge on any atom is -0.305 e. The molecule has 0 radical (unpaired) electrons. The molecule has 16 heavy (non-hydrogen) atoms. The molecular formula is C12H17N3S. The molecule has 0 aromatic carbocycles. The SMILES string of the molecule is Cc1c(CN[C@@H](C)c2cccs2)cnn1C. The molecule has 86 valence electrons. The van der Waals surface area contributed by atoms with Crippen molar-refractivity contribution in [3.05, 3.63) is 39.8 Å². The molecule has 0 saturated heterocycles. The van der Waals surface area contributed by atoms with Crippen LogP contribution in [0.2, 0.25) is 0 Å². The molecule has 0 unspecified atom stereocenters. The maximum atomic E-state index is 4.24. The van der Waals surface area contributed by atoms with Crippen LogP contribution in [-0.4, -0.2) is 9.78 Å². The Kier molecular flexibility index (Phi) is 3.41. The van der Waals surface area contributed by atoms with E-state index in [9.17, 15) is 0 Å². The molecule has 0 bridgehead atoms. The van der Waals surface area contributed by atoms with Gasteiger partial charge in [0.25, 0.3) is 0 Å². The quantitative estimate of drug-likeness (QED) is 0.883. The van der Waals surface area contributed by atoms with Gasteiger partial charge in [0.1, 0.15) is 0 Å². The van der Waals surface area contributed by atoms with Crippen molar-refractivity contribution in [2.24, 2.45) is 7.05 Å². The lowest BCUT2D eigenvalue weighted by Gasteiger charge is -2.11. The number of aryl methyl sites for hydroxylation is 1. The van der Waals surface area contributed by atoms with Crippen molar-refractivity contribution in [2.45, 2.75) is 26.4 Å². The minimum atomic E-state index is 0.402. The van der Waals surface area contributed by atoms with Crippen LogP contribution in [0.4, 0.5) is 0 Å². The zero-order valence-corrected chi connectivity index (χ0v) is 10.7. The Morgan fingerprint density at radius 1 is 1.56 bits per heavy atom. The van der Waals surface area contributed by atoms with Crippen LogP contribution in [-0.2, 0) is 13.6 Å². The molecule has 1 atom stereocenters. The van der Waals surface area contributed by atoms with Crippen molar-refractivity contribution in [3.63, 3.8) is 0 Å². The first-order valence-electron chi connectivity index (χ1n) is 5.42. The van der Waals surface area contributed by atoms with Crippen molar-refractivity contribution in [3.8, 4) is 0 Å². The molecule has 0 aliphatic carbocycles. The van der Waals surface area contributed by atoms with Crippen LogP contribution in [0.1, 0.15) is 29.1 Å². The third-order valence-electron chi connectivity index (χ3n) is 2.91. The van der Waals surface area contributed by atoms with Gasteiger partial charge >= 0.3 is 0 Å². The predicted molar refractivity (Wildman–Crippen MR) is 67.5 cm³/mol. The number of nitrogens with zero attached hydrogens (tertiary/aromatic N) is 2. The maximum absolute atomic E-state index is 4.24. The highest BCUT2D eigenvalue weighted by Gasteiger charge is 2.08. The summed E-state index contributed by atoms with van der Waals surface area (Å²) in [5, 5.41) is 9.86. The summed E-state index contributed by atoms with van der Waals surface area (Å²) < 4.78 is 1.91. The molecule has 1 N–H and O–H groups in total. The summed E-state index contributed by atoms with van der Waals surface area (Å²) in [4.78, 5) is 1.38. The number of aromatic nitrogens is 2. The fraction of sp³-hybridized carbons (Fsp3) is 0.417. The average molecular weight is 235 g/mol. The number of rotatable bonds is 4. The zero-order chi connectivity index (χ0) is 11.5. The van der Waals surface area contributed by atoms with Crippen molar-refractivity contribution in [2.75, 3.05) is 0 Å². The van der Waals surface area contributed by atoms with Gasteiger partial charge in [0.05, 0.1) is 6.20 Å². The third kappa shape index (κ3) is 2.33. The van der Waals surface area contributed by atoms with Crippen LogP contribution in [0.15, 0.2) is 23.7 Å². The van der Waals surface area contributed by atoms with Gasteiger partial charge in [-0.15, -0.1) is 11.3 Å². The molecule has 2 aromatic rings. The molecular weight excluding hydrogens is 218 g/mol. The van der Waals surface area contributed by atoms with Crippen molar-refractivity contribution in [1.29, 1.82) is 0 Å². The monoisotopic (exact) mass is 235 g/mol. The Morgan fingerprint density at radius 2 is 2.38 bits per heavy atom. The minimum absolute atomic E-state index is 0.402. The molecule has 4 heteroatoms. The van der Waals surface area contributed by atoms with E-state index < -0.39 is 0 Å². The van der Waals surface area contributed by atoms with Gasteiger partial charge in [-0.2, -0.15) is 5.10 Å². The lowest BCUT2D eigenvalue weighted by atomic mass is 10.2. The van der Waals surface area contributed by atoms with Crippen LogP contribution < -0.4 is 5.32 Å². The number of thiophene rings is 1. The van der Waals surface area contributed by atoms with Crippen molar-refractivity contribution >= 4 is 11.3 Å². The van der Waals surface area contributed by atoms with Gasteiger partial charge in [-0.1, -0.05) is 6.07 Å². The molecule has 0 aliphatic rings. The largest absolute Gasteiger partial charge is 0.305 e. The fourth-order valence-corrected chi connectivity index (χ4v) is 2.38. The summed E-state index contributed by atoms with van der Waals surface area (Å²) in [5.74, 6) is 0. The number of nitrogens with one attached hydrogen (secondary N) is 1. The highest BCUT2D eigenvalue weighted by atomic mass is 32.1. The molecule has 0 fully saturated rings. The highest BCUT2D eigenvalue weighted by molar-refractivity contribution is 7.10. The molecule has 0 amide bonds. The molecule has 2 heterocycles. The van der Waals surface area contributed by atoms with E-state index >= 15 is 0 Å². The zero-order valence-electron chi connectivity index (χ0n) is 9.90. The van der Waals surface area contributed by atoms with Gasteiger partial charge in [-0.3, -0.25) is 4.68 Å². The second kappa shape index (κ2) is 4.80. The first kappa shape index (κ1) is 11.4. The summed E-state index contributed by atoms with van der Waals surface area (Å²) in [6.45, 7) is 5.16. The van der Waals surface area contributed by atoms with E-state index in [-0.39, 0.29) is 0 Å². The van der Waals surface area contributed by atoms with Crippen LogP contribution in [0.3, 0.4) is 0 Å². The van der Waals surface area contributed by atoms with E-state index in [1.807, 2.05) is 17.9 Å². The van der Waals surface area contributed by atoms with E-state index in [2.05, 4.69) is 41.8 Å². The average Bonchev–Trinajstić information content (AvgIpc) is 2.89. The van der Waals surface area contributed by atoms with E-state index in [4.69, 9.17) is 0 Å². The normalized spacial score (nSPS) is 12.9. The standard InChI is InChI=1S/C12H17N3S/c1-9(12-5-4-6-16-12)13-7-11-8-14-15(3)10(11)2/h4-6,8-9,13H,7H2,1-3H3/t9-/m0/s1. The lowest BCUT2D eigenvalue weighted by Crippen LogP contribution is -2.17. The summed E-state index contributed by atoms with van der Waals surface area (Å²) >= 11 is 1.79. The fourth-order valence-electron chi connectivity index (χ4n) is 1.62. The first-order valence-corrected chi connectivity index (χ1v) is 6.30. The molecule has 0 aliphatic heterocycles. The summed E-state index contributed by atoms with van der Waals surface area (Å²) in [6.07, 6.45) is 1.93. The van der Waals surface area contributed by atoms with Gasteiger partial charge < -0.3 is 5.32 Å². The first-order chi connectivity index (χ1) is 7.68. The highest BCUT2D eigenvalue weighted by Crippen LogP contribution is 2.18. The second-order valence-electron chi connectivity index (χ2n) is 4.00. The Balaban J connectivity index is 1.95. The van der Waals surface area contributed by atoms with E-state index in [1.165, 1.54) is 16.1 Å². The molecule has 0 saturated carbocycles. The van der Waals surface area contributed by atoms with Crippen LogP contribution in [0.5, 0.6) is 0 Å². The molecule has 2 aromatic heterocycles. The summed E-state index contributed by atoms with van der Waals surface area (Å²) in [6, 6.07) is 4.66. The Morgan fingerprint density at radius 3 is 2.94 bits per heavy atom. The van der Waals surface area contributed by atoms with Gasteiger partial charge in [-0.05, 0) is 25.3 Å². The van der Waals surface area contributed by atoms with Crippen molar-refractivity contribution in [1.82, 2.24) is 15.1 Å². The van der Waals surface area contributed by atoms with E-state index in [1.54, 1.807) is 11.3 Å². The van der Waals surface area contributed by atoms with E-state index in [0.29, 0.717) is 6.04 Å². The topological polar surface area (TPSA) is 29.9 Å². The Hall–Kier alpha value is -1.13. The molecule has 0 spiro atoms. The van der Waals surface area contributed by atoms with Crippen LogP contribution in [0, 0.1) is 6.92 Å². The summed E-state index contributed by atoms with van der Waals surface area (Å²) in [7, 11) is 1.97. The second-order valence-corrected chi connectivity index (χ2v) is 4.98. The molecule has 2 rings (SSSR count). The van der Waals surface area contributed by atoms with Gasteiger partial charge in [0.15, 0.2) is 0 Å². The Labute approximate surface area is 100 Å². The number of hydrogen-bond acceptors (Lipinski definition) is 3. The van der Waals surface area contributed by atoms with Gasteiger partial charge in [-0.25, -0.2) is 0 Å². The van der Waals surface area contributed by atoms with Crippen molar-refractivity contribution < 1.29 is 0 Å². The van der Waals surface area contributed by atoms with Crippen LogP contribution >= 0.6 is 11.3 Å². The smallest absolute Gasteiger partial charge is 0.0537 e. The summed E-state index contributed by atoms with van der Waals surface area (Å²) in [5.41, 5.74) is 2.50. The van der Waals surface area contributed by atoms with Gasteiger partial charge in [0.2, 0.25) is 0 Å². The maximum Gasteiger partial charge on any atom is 0.0537 e. The van der Waals surface area contributed by atoms with Crippen LogP contribution in [0.25, 0.3) is 0 Å². The van der Waals surface area contributed by atoms with Gasteiger partial charge in [0, 0.05) is 35.8 Å². The predicted octanol–water partition coefficient (Wildman–Crippen LogP) is 2.64. The molecule has 3 nitrogen and oxygen atoms in total. The lowest BCUT2D eigenvalue weighted by molar-refractivity contribution is 0.580. The van der Waals surface area contributed by atoms with E-state index in [0.717, 1.165) is 6.54 Å². The Bertz CT molecular complexity index is 445. The number of hydrogen-bond donors (Lipinski definition) is 1.